The average Bonchev–Trinajstić information content (AvgIpc) is 1.62. The molecule has 0 spiro atoms. The maximum Gasteiger partial charge on any atom is 1.00 e. The van der Waals surface area contributed by atoms with Crippen LogP contribution in [0, 0.1) is 0 Å². The van der Waals surface area contributed by atoms with Crippen molar-refractivity contribution >= 4 is 6.98 Å². The molecule has 1 unspecified atom stereocenters. The Morgan fingerprint density at radius 3 is 1.78 bits per heavy atom. The molecule has 0 aliphatic carbocycles. The van der Waals surface area contributed by atoms with Gasteiger partial charge in [-0.25, -0.2) is 0 Å². The molecule has 0 radical (unpaired) electrons. The number of allylic oxidation sites excluding steroid dienone is 1. The Morgan fingerprint density at radius 2 is 1.78 bits per heavy atom. The molecule has 0 aromatic heterocycles. The Hall–Kier alpha value is 1.23. The van der Waals surface area contributed by atoms with Gasteiger partial charge in [0, 0.05) is 0 Å². The molecule has 0 heterocycles. The summed E-state index contributed by atoms with van der Waals surface area (Å²) in [6.07, 6.45) is 0.903. The molecular formula is C4H7BF3K. The van der Waals surface area contributed by atoms with Crippen LogP contribution in [-0.4, -0.2) is 6.98 Å². The van der Waals surface area contributed by atoms with Crippen LogP contribution in [0.5, 0.6) is 0 Å². The molecule has 0 fully saturated rings. The molecule has 9 heavy (non-hydrogen) atoms. The second-order valence-electron chi connectivity index (χ2n) is 1.72. The summed E-state index contributed by atoms with van der Waals surface area (Å²) in [6.45, 7) is -0.568. The first-order valence-corrected chi connectivity index (χ1v) is 2.31. The second-order valence-corrected chi connectivity index (χ2v) is 1.72. The predicted molar refractivity (Wildman–Crippen MR) is 28.7 cm³/mol. The monoisotopic (exact) mass is 162 g/mol. The Morgan fingerprint density at radius 1 is 1.44 bits per heavy atom. The standard InChI is InChI=1S/C4H7BF3.K/c1-3-4(2)5(6,7)8;/h3-4H,1H2,2H3;/q-1;+1. The van der Waals surface area contributed by atoms with Crippen molar-refractivity contribution < 1.29 is 64.3 Å². The van der Waals surface area contributed by atoms with E-state index in [-0.39, 0.29) is 51.4 Å². The maximum atomic E-state index is 11.4. The fourth-order valence-corrected chi connectivity index (χ4v) is 0.154. The SMILES string of the molecule is C=CC(C)[B-](F)(F)F.[K+]. The smallest absolute Gasteiger partial charge is 0.449 e. The summed E-state index contributed by atoms with van der Waals surface area (Å²) < 4.78 is 34.3. The molecule has 5 heteroatoms. The van der Waals surface area contributed by atoms with Crippen molar-refractivity contribution in [1.29, 1.82) is 0 Å². The molecule has 0 saturated carbocycles. The van der Waals surface area contributed by atoms with Gasteiger partial charge in [-0.15, -0.1) is 12.7 Å². The molecule has 0 rings (SSSR count). The topological polar surface area (TPSA) is 0 Å². The van der Waals surface area contributed by atoms with Gasteiger partial charge in [0.05, 0.1) is 0 Å². The van der Waals surface area contributed by atoms with Gasteiger partial charge in [-0.2, -0.15) is 0 Å². The van der Waals surface area contributed by atoms with Crippen LogP contribution in [0.4, 0.5) is 12.9 Å². The van der Waals surface area contributed by atoms with E-state index >= 15 is 0 Å². The van der Waals surface area contributed by atoms with E-state index in [1.165, 1.54) is 0 Å². The van der Waals surface area contributed by atoms with Gasteiger partial charge in [-0.1, -0.05) is 12.7 Å². The van der Waals surface area contributed by atoms with E-state index in [4.69, 9.17) is 0 Å². The van der Waals surface area contributed by atoms with Crippen LogP contribution in [0.3, 0.4) is 0 Å². The first kappa shape index (κ1) is 12.9. The summed E-state index contributed by atoms with van der Waals surface area (Å²) >= 11 is 0. The predicted octanol–water partition coefficient (Wildman–Crippen LogP) is -0.586. The fraction of sp³-hybridized carbons (Fsp3) is 0.500. The van der Waals surface area contributed by atoms with Crippen LogP contribution in [-0.2, 0) is 0 Å². The summed E-state index contributed by atoms with van der Waals surface area (Å²) in [4.78, 5) is 0. The van der Waals surface area contributed by atoms with Crippen LogP contribution in [0.2, 0.25) is 5.82 Å². The Kier molecular flexibility index (Phi) is 7.09. The Labute approximate surface area is 95.4 Å². The summed E-state index contributed by atoms with van der Waals surface area (Å²) in [5.74, 6) is -1.32. The van der Waals surface area contributed by atoms with E-state index in [1.54, 1.807) is 0 Å². The summed E-state index contributed by atoms with van der Waals surface area (Å²) in [5.41, 5.74) is 0. The molecule has 0 saturated heterocycles. The number of rotatable bonds is 2. The van der Waals surface area contributed by atoms with Crippen molar-refractivity contribution in [2.75, 3.05) is 0 Å². The zero-order chi connectivity index (χ0) is 6.78. The molecule has 0 N–H and O–H groups in total. The van der Waals surface area contributed by atoms with Crippen molar-refractivity contribution in [3.63, 3.8) is 0 Å². The van der Waals surface area contributed by atoms with Gasteiger partial charge in [-0.05, 0) is 0 Å². The quantitative estimate of drug-likeness (QED) is 0.376. The molecule has 0 bridgehead atoms. The molecular weight excluding hydrogens is 155 g/mol. The van der Waals surface area contributed by atoms with Crippen molar-refractivity contribution in [3.05, 3.63) is 12.7 Å². The third-order valence-corrected chi connectivity index (χ3v) is 0.968. The van der Waals surface area contributed by atoms with Gasteiger partial charge in [0.2, 0.25) is 0 Å². The number of hydrogen-bond donors (Lipinski definition) is 0. The number of hydrogen-bond acceptors (Lipinski definition) is 0. The fourth-order valence-electron chi connectivity index (χ4n) is 0.154. The van der Waals surface area contributed by atoms with E-state index in [9.17, 15) is 12.9 Å². The first-order valence-electron chi connectivity index (χ1n) is 2.31. The zero-order valence-corrected chi connectivity index (χ0v) is 8.70. The van der Waals surface area contributed by atoms with E-state index in [0.717, 1.165) is 13.0 Å². The summed E-state index contributed by atoms with van der Waals surface area (Å²) in [7, 11) is 0. The van der Waals surface area contributed by atoms with Crippen molar-refractivity contribution in [1.82, 2.24) is 0 Å². The van der Waals surface area contributed by atoms with Crippen LogP contribution in [0.15, 0.2) is 12.7 Å². The van der Waals surface area contributed by atoms with Crippen LogP contribution >= 0.6 is 0 Å². The Bertz CT molecular complexity index is 90.3. The van der Waals surface area contributed by atoms with Crippen molar-refractivity contribution in [2.24, 2.45) is 0 Å². The van der Waals surface area contributed by atoms with Gasteiger partial charge >= 0.3 is 58.4 Å². The van der Waals surface area contributed by atoms with E-state index in [0.29, 0.717) is 0 Å². The minimum atomic E-state index is -4.68. The third kappa shape index (κ3) is 5.66. The largest absolute Gasteiger partial charge is 1.00 e. The minimum absolute atomic E-state index is 0. The molecule has 0 amide bonds. The average molecular weight is 162 g/mol. The molecule has 0 aliphatic heterocycles. The van der Waals surface area contributed by atoms with Gasteiger partial charge in [0.25, 0.3) is 0 Å². The molecule has 0 aromatic carbocycles. The molecule has 0 nitrogen and oxygen atoms in total. The van der Waals surface area contributed by atoms with Crippen LogP contribution in [0.1, 0.15) is 6.92 Å². The van der Waals surface area contributed by atoms with E-state index in [2.05, 4.69) is 6.58 Å². The van der Waals surface area contributed by atoms with E-state index in [1.807, 2.05) is 0 Å². The van der Waals surface area contributed by atoms with Crippen LogP contribution in [0.25, 0.3) is 0 Å². The van der Waals surface area contributed by atoms with E-state index < -0.39 is 12.8 Å². The van der Waals surface area contributed by atoms with Crippen molar-refractivity contribution in [2.45, 2.75) is 12.7 Å². The van der Waals surface area contributed by atoms with Gasteiger partial charge < -0.3 is 12.9 Å². The third-order valence-electron chi connectivity index (χ3n) is 0.968. The Balaban J connectivity index is 0. The van der Waals surface area contributed by atoms with Gasteiger partial charge in [0.1, 0.15) is 0 Å². The van der Waals surface area contributed by atoms with Crippen LogP contribution < -0.4 is 51.4 Å². The molecule has 0 aliphatic rings. The maximum absolute atomic E-state index is 11.4. The molecule has 0 aromatic rings. The normalized spacial score (nSPS) is 13.8. The minimum Gasteiger partial charge on any atom is -0.449 e. The van der Waals surface area contributed by atoms with Crippen molar-refractivity contribution in [3.8, 4) is 0 Å². The summed E-state index contributed by atoms with van der Waals surface area (Å²) in [5, 5.41) is 0. The number of halogens is 3. The zero-order valence-electron chi connectivity index (χ0n) is 5.57. The first-order chi connectivity index (χ1) is 3.48. The second kappa shape index (κ2) is 4.96. The van der Waals surface area contributed by atoms with Gasteiger partial charge in [0.15, 0.2) is 0 Å². The molecule has 1 atom stereocenters. The molecule has 48 valence electrons. The van der Waals surface area contributed by atoms with Gasteiger partial charge in [-0.3, -0.25) is 0 Å². The summed E-state index contributed by atoms with van der Waals surface area (Å²) in [6, 6.07) is 0.